The molecule has 0 heterocycles. The minimum Gasteiger partial charge on any atom is -0.355 e. The van der Waals surface area contributed by atoms with Crippen LogP contribution in [0.3, 0.4) is 0 Å². The molecule has 0 atom stereocenters. The molecule has 0 saturated carbocycles. The summed E-state index contributed by atoms with van der Waals surface area (Å²) in [6, 6.07) is 5.30. The first-order chi connectivity index (χ1) is 9.53. The Morgan fingerprint density at radius 1 is 1.25 bits per heavy atom. The number of benzene rings is 1. The van der Waals surface area contributed by atoms with E-state index in [1.165, 1.54) is 5.56 Å². The maximum Gasteiger partial charge on any atom is 0.221 e. The number of aryl methyl sites for hydroxylation is 2. The van der Waals surface area contributed by atoms with Crippen LogP contribution in [0.1, 0.15) is 24.0 Å². The summed E-state index contributed by atoms with van der Waals surface area (Å²) in [5.74, 6) is -0.442. The quantitative estimate of drug-likeness (QED) is 0.796. The lowest BCUT2D eigenvalue weighted by Gasteiger charge is -2.07. The van der Waals surface area contributed by atoms with Gasteiger partial charge in [0.25, 0.3) is 0 Å². The van der Waals surface area contributed by atoms with Crippen molar-refractivity contribution >= 4 is 15.7 Å². The average Bonchev–Trinajstić information content (AvgIpc) is 2.90. The normalized spacial score (nSPS) is 14.1. The number of rotatable bonds is 6. The molecule has 0 saturated heterocycles. The molecular weight excluding hydrogens is 276 g/mol. The van der Waals surface area contributed by atoms with Crippen LogP contribution < -0.4 is 11.1 Å². The first kappa shape index (κ1) is 15.0. The van der Waals surface area contributed by atoms with Crippen LogP contribution in [0.4, 0.5) is 0 Å². The molecular formula is C14H20N2O3S. The fourth-order valence-electron chi connectivity index (χ4n) is 2.39. The van der Waals surface area contributed by atoms with Crippen molar-refractivity contribution in [2.75, 3.05) is 18.8 Å². The number of hydrogen-bond donors (Lipinski definition) is 2. The van der Waals surface area contributed by atoms with E-state index >= 15 is 0 Å². The second-order valence-corrected chi connectivity index (χ2v) is 7.10. The largest absolute Gasteiger partial charge is 0.355 e. The Kier molecular flexibility index (Phi) is 4.77. The van der Waals surface area contributed by atoms with Gasteiger partial charge >= 0.3 is 0 Å². The van der Waals surface area contributed by atoms with E-state index in [4.69, 9.17) is 5.73 Å². The number of nitrogens with one attached hydrogen (secondary N) is 1. The van der Waals surface area contributed by atoms with Gasteiger partial charge in [-0.05, 0) is 42.5 Å². The van der Waals surface area contributed by atoms with Crippen LogP contribution in [0.25, 0.3) is 0 Å². The molecule has 3 N–H and O–H groups in total. The van der Waals surface area contributed by atoms with Crippen molar-refractivity contribution in [3.05, 3.63) is 29.3 Å². The standard InChI is InChI=1S/C14H20N2O3S/c15-7-8-16-14(17)6-9-20(18,19)13-5-4-11-2-1-3-12(11)10-13/h4-5,10H,1-3,6-9,15H2,(H,16,17). The summed E-state index contributed by atoms with van der Waals surface area (Å²) in [6.45, 7) is 0.723. The highest BCUT2D eigenvalue weighted by molar-refractivity contribution is 7.91. The molecule has 0 aromatic heterocycles. The number of amides is 1. The van der Waals surface area contributed by atoms with Crippen LogP contribution in [0.5, 0.6) is 0 Å². The van der Waals surface area contributed by atoms with Crippen molar-refractivity contribution in [1.29, 1.82) is 0 Å². The van der Waals surface area contributed by atoms with E-state index in [2.05, 4.69) is 5.32 Å². The summed E-state index contributed by atoms with van der Waals surface area (Å²) in [7, 11) is -3.39. The van der Waals surface area contributed by atoms with Crippen molar-refractivity contribution in [1.82, 2.24) is 5.32 Å². The third-order valence-electron chi connectivity index (χ3n) is 3.49. The molecule has 1 aromatic rings. The molecule has 2 rings (SSSR count). The highest BCUT2D eigenvalue weighted by Gasteiger charge is 2.19. The molecule has 1 aliphatic rings. The molecule has 110 valence electrons. The van der Waals surface area contributed by atoms with Gasteiger partial charge < -0.3 is 11.1 Å². The zero-order valence-corrected chi connectivity index (χ0v) is 12.2. The maximum absolute atomic E-state index is 12.2. The van der Waals surface area contributed by atoms with E-state index < -0.39 is 9.84 Å². The maximum atomic E-state index is 12.2. The summed E-state index contributed by atoms with van der Waals surface area (Å²) in [5.41, 5.74) is 7.63. The Balaban J connectivity index is 2.01. The second kappa shape index (κ2) is 6.37. The first-order valence-electron chi connectivity index (χ1n) is 6.84. The molecule has 0 unspecified atom stereocenters. The van der Waals surface area contributed by atoms with E-state index in [9.17, 15) is 13.2 Å². The van der Waals surface area contributed by atoms with Crippen molar-refractivity contribution in [2.24, 2.45) is 5.73 Å². The fourth-order valence-corrected chi connectivity index (χ4v) is 3.67. The van der Waals surface area contributed by atoms with E-state index in [-0.39, 0.29) is 18.1 Å². The number of carbonyl (C=O) groups is 1. The molecule has 5 nitrogen and oxygen atoms in total. The van der Waals surface area contributed by atoms with E-state index in [1.807, 2.05) is 6.07 Å². The van der Waals surface area contributed by atoms with Crippen LogP contribution in [0, 0.1) is 0 Å². The van der Waals surface area contributed by atoms with Gasteiger partial charge in [-0.25, -0.2) is 8.42 Å². The van der Waals surface area contributed by atoms with Crippen molar-refractivity contribution < 1.29 is 13.2 Å². The molecule has 1 aromatic carbocycles. The van der Waals surface area contributed by atoms with Crippen LogP contribution in [0.2, 0.25) is 0 Å². The SMILES string of the molecule is NCCNC(=O)CCS(=O)(=O)c1ccc2c(c1)CCC2. The minimum absolute atomic E-state index is 0.0284. The Morgan fingerprint density at radius 3 is 2.75 bits per heavy atom. The van der Waals surface area contributed by atoms with Crippen LogP contribution in [-0.2, 0) is 27.5 Å². The molecule has 1 amide bonds. The van der Waals surface area contributed by atoms with Crippen LogP contribution >= 0.6 is 0 Å². The Labute approximate surface area is 119 Å². The molecule has 20 heavy (non-hydrogen) atoms. The molecule has 0 bridgehead atoms. The number of hydrogen-bond acceptors (Lipinski definition) is 4. The Bertz CT molecular complexity index is 596. The smallest absolute Gasteiger partial charge is 0.221 e. The molecule has 0 spiro atoms. The van der Waals surface area contributed by atoms with Gasteiger partial charge in [0.2, 0.25) is 5.91 Å². The monoisotopic (exact) mass is 296 g/mol. The third kappa shape index (κ3) is 3.58. The lowest BCUT2D eigenvalue weighted by molar-refractivity contribution is -0.120. The fraction of sp³-hybridized carbons (Fsp3) is 0.500. The molecule has 6 heteroatoms. The summed E-state index contributed by atoms with van der Waals surface area (Å²) in [5, 5.41) is 2.57. The summed E-state index contributed by atoms with van der Waals surface area (Å²) in [6.07, 6.45) is 3.02. The predicted molar refractivity (Wildman–Crippen MR) is 77.2 cm³/mol. The molecule has 0 aliphatic heterocycles. The van der Waals surface area contributed by atoms with E-state index in [0.717, 1.165) is 24.8 Å². The summed E-state index contributed by atoms with van der Waals surface area (Å²) < 4.78 is 24.4. The highest BCUT2D eigenvalue weighted by Crippen LogP contribution is 2.25. The van der Waals surface area contributed by atoms with Gasteiger partial charge in [0.15, 0.2) is 9.84 Å². The van der Waals surface area contributed by atoms with Gasteiger partial charge in [0.1, 0.15) is 0 Å². The number of nitrogens with two attached hydrogens (primary N) is 1. The van der Waals surface area contributed by atoms with Crippen LogP contribution in [-0.4, -0.2) is 33.2 Å². The third-order valence-corrected chi connectivity index (χ3v) is 5.21. The van der Waals surface area contributed by atoms with Gasteiger partial charge in [-0.1, -0.05) is 6.07 Å². The molecule has 0 fully saturated rings. The van der Waals surface area contributed by atoms with Gasteiger partial charge in [-0.2, -0.15) is 0 Å². The predicted octanol–water partition coefficient (Wildman–Crippen LogP) is 0.414. The number of fused-ring (bicyclic) bond motifs is 1. The Morgan fingerprint density at radius 2 is 2.00 bits per heavy atom. The van der Waals surface area contributed by atoms with E-state index in [1.54, 1.807) is 12.1 Å². The number of carbonyl (C=O) groups excluding carboxylic acids is 1. The van der Waals surface area contributed by atoms with Crippen molar-refractivity contribution in [2.45, 2.75) is 30.6 Å². The zero-order chi connectivity index (χ0) is 14.6. The lowest BCUT2D eigenvalue weighted by atomic mass is 10.1. The Hall–Kier alpha value is -1.40. The van der Waals surface area contributed by atoms with Crippen molar-refractivity contribution in [3.8, 4) is 0 Å². The summed E-state index contributed by atoms with van der Waals surface area (Å²) >= 11 is 0. The number of sulfone groups is 1. The lowest BCUT2D eigenvalue weighted by Crippen LogP contribution is -2.30. The summed E-state index contributed by atoms with van der Waals surface area (Å²) in [4.78, 5) is 11.8. The van der Waals surface area contributed by atoms with Gasteiger partial charge in [-0.15, -0.1) is 0 Å². The first-order valence-corrected chi connectivity index (χ1v) is 8.49. The van der Waals surface area contributed by atoms with Gasteiger partial charge in [-0.3, -0.25) is 4.79 Å². The average molecular weight is 296 g/mol. The van der Waals surface area contributed by atoms with Crippen LogP contribution in [0.15, 0.2) is 23.1 Å². The van der Waals surface area contributed by atoms with Gasteiger partial charge in [0, 0.05) is 19.5 Å². The second-order valence-electron chi connectivity index (χ2n) is 4.99. The molecule has 1 aliphatic carbocycles. The van der Waals surface area contributed by atoms with Crippen molar-refractivity contribution in [3.63, 3.8) is 0 Å². The zero-order valence-electron chi connectivity index (χ0n) is 11.4. The topological polar surface area (TPSA) is 89.3 Å². The van der Waals surface area contributed by atoms with E-state index in [0.29, 0.717) is 18.0 Å². The molecule has 0 radical (unpaired) electrons. The highest BCUT2D eigenvalue weighted by atomic mass is 32.2. The minimum atomic E-state index is -3.39. The van der Waals surface area contributed by atoms with Gasteiger partial charge in [0.05, 0.1) is 10.6 Å².